The minimum absolute atomic E-state index is 0.284. The zero-order chi connectivity index (χ0) is 15.4. The summed E-state index contributed by atoms with van der Waals surface area (Å²) >= 11 is 0. The normalized spacial score (nSPS) is 11.8. The molecule has 0 bridgehead atoms. The van der Waals surface area contributed by atoms with Gasteiger partial charge in [0, 0.05) is 6.20 Å². The fourth-order valence-electron chi connectivity index (χ4n) is 1.75. The van der Waals surface area contributed by atoms with Gasteiger partial charge in [0.05, 0.1) is 6.04 Å². The summed E-state index contributed by atoms with van der Waals surface area (Å²) in [5.41, 5.74) is 8.22. The Morgan fingerprint density at radius 2 is 2.05 bits per heavy atom. The molecule has 0 aliphatic rings. The molecular weight excluding hydrogens is 266 g/mol. The molecular formula is C16H19N3O2. The van der Waals surface area contributed by atoms with Crippen LogP contribution in [0.2, 0.25) is 0 Å². The van der Waals surface area contributed by atoms with Gasteiger partial charge in [-0.15, -0.1) is 0 Å². The van der Waals surface area contributed by atoms with Crippen LogP contribution in [-0.4, -0.2) is 16.9 Å². The summed E-state index contributed by atoms with van der Waals surface area (Å²) in [7, 11) is 0. The Morgan fingerprint density at radius 3 is 2.76 bits per heavy atom. The zero-order valence-electron chi connectivity index (χ0n) is 12.4. The van der Waals surface area contributed by atoms with Crippen LogP contribution in [-0.2, 0) is 4.79 Å². The standard InChI is InChI=1S/C16H19N3O2/c1-10-6-4-8-14(11(10)2)21-16-13(7-5-9-18-16)19-15(20)12(3)17/h4-9,12H,17H2,1-3H3,(H,19,20). The highest BCUT2D eigenvalue weighted by Crippen LogP contribution is 2.30. The monoisotopic (exact) mass is 285 g/mol. The zero-order valence-corrected chi connectivity index (χ0v) is 12.4. The number of nitrogens with zero attached hydrogens (tertiary/aromatic N) is 1. The van der Waals surface area contributed by atoms with E-state index in [-0.39, 0.29) is 5.91 Å². The number of carbonyl (C=O) groups is 1. The molecule has 5 nitrogen and oxygen atoms in total. The molecule has 21 heavy (non-hydrogen) atoms. The van der Waals surface area contributed by atoms with Gasteiger partial charge < -0.3 is 15.8 Å². The van der Waals surface area contributed by atoms with E-state index in [2.05, 4.69) is 10.3 Å². The maximum Gasteiger partial charge on any atom is 0.243 e. The maximum atomic E-state index is 11.7. The average molecular weight is 285 g/mol. The van der Waals surface area contributed by atoms with Crippen LogP contribution in [0.25, 0.3) is 0 Å². The predicted octanol–water partition coefficient (Wildman–Crippen LogP) is 2.78. The smallest absolute Gasteiger partial charge is 0.243 e. The van der Waals surface area contributed by atoms with E-state index in [0.717, 1.165) is 11.1 Å². The molecule has 1 aromatic carbocycles. The molecule has 0 aliphatic carbocycles. The number of hydrogen-bond donors (Lipinski definition) is 2. The third-order valence-corrected chi connectivity index (χ3v) is 3.20. The number of hydrogen-bond acceptors (Lipinski definition) is 4. The second kappa shape index (κ2) is 6.37. The van der Waals surface area contributed by atoms with E-state index >= 15 is 0 Å². The molecule has 0 fully saturated rings. The van der Waals surface area contributed by atoms with E-state index in [0.29, 0.717) is 17.3 Å². The van der Waals surface area contributed by atoms with Crippen molar-refractivity contribution in [3.05, 3.63) is 47.7 Å². The molecule has 5 heteroatoms. The van der Waals surface area contributed by atoms with Gasteiger partial charge in [-0.05, 0) is 50.1 Å². The number of anilines is 1. The summed E-state index contributed by atoms with van der Waals surface area (Å²) in [5, 5.41) is 2.71. The van der Waals surface area contributed by atoms with Gasteiger partial charge in [-0.2, -0.15) is 0 Å². The van der Waals surface area contributed by atoms with Crippen molar-refractivity contribution in [2.45, 2.75) is 26.8 Å². The Balaban J connectivity index is 2.28. The minimum Gasteiger partial charge on any atom is -0.437 e. The molecule has 0 aliphatic heterocycles. The van der Waals surface area contributed by atoms with E-state index in [1.807, 2.05) is 32.0 Å². The largest absolute Gasteiger partial charge is 0.437 e. The number of rotatable bonds is 4. The number of pyridine rings is 1. The van der Waals surface area contributed by atoms with Crippen molar-refractivity contribution < 1.29 is 9.53 Å². The van der Waals surface area contributed by atoms with Crippen LogP contribution in [0.1, 0.15) is 18.1 Å². The Morgan fingerprint density at radius 1 is 1.29 bits per heavy atom. The van der Waals surface area contributed by atoms with Gasteiger partial charge in [0.25, 0.3) is 0 Å². The van der Waals surface area contributed by atoms with Crippen LogP contribution >= 0.6 is 0 Å². The highest BCUT2D eigenvalue weighted by atomic mass is 16.5. The van der Waals surface area contributed by atoms with Gasteiger partial charge in [0.2, 0.25) is 11.8 Å². The highest BCUT2D eigenvalue weighted by molar-refractivity contribution is 5.95. The van der Waals surface area contributed by atoms with Gasteiger partial charge in [-0.1, -0.05) is 12.1 Å². The fraction of sp³-hybridized carbons (Fsp3) is 0.250. The summed E-state index contributed by atoms with van der Waals surface area (Å²) < 4.78 is 5.84. The minimum atomic E-state index is -0.598. The van der Waals surface area contributed by atoms with E-state index in [4.69, 9.17) is 10.5 Å². The molecule has 0 saturated heterocycles. The van der Waals surface area contributed by atoms with E-state index in [1.165, 1.54) is 0 Å². The molecule has 1 atom stereocenters. The Labute approximate surface area is 124 Å². The molecule has 0 spiro atoms. The molecule has 1 heterocycles. The third kappa shape index (κ3) is 3.58. The Bertz CT molecular complexity index is 654. The van der Waals surface area contributed by atoms with Crippen molar-refractivity contribution in [2.75, 3.05) is 5.32 Å². The second-order valence-electron chi connectivity index (χ2n) is 4.93. The van der Waals surface area contributed by atoms with E-state index in [9.17, 15) is 4.79 Å². The maximum absolute atomic E-state index is 11.7. The number of aryl methyl sites for hydroxylation is 1. The molecule has 2 aromatic rings. The molecule has 3 N–H and O–H groups in total. The van der Waals surface area contributed by atoms with E-state index < -0.39 is 6.04 Å². The number of carbonyl (C=O) groups excluding carboxylic acids is 1. The first-order valence-corrected chi connectivity index (χ1v) is 6.74. The van der Waals surface area contributed by atoms with Crippen molar-refractivity contribution in [3.8, 4) is 11.6 Å². The summed E-state index contributed by atoms with van der Waals surface area (Å²) in [6.45, 7) is 5.62. The lowest BCUT2D eigenvalue weighted by atomic mass is 10.1. The summed E-state index contributed by atoms with van der Waals surface area (Å²) in [5.74, 6) is 0.777. The summed E-state index contributed by atoms with van der Waals surface area (Å²) in [6, 6.07) is 8.66. The van der Waals surface area contributed by atoms with Crippen molar-refractivity contribution in [1.82, 2.24) is 4.98 Å². The van der Waals surface area contributed by atoms with Crippen LogP contribution in [0, 0.1) is 13.8 Å². The van der Waals surface area contributed by atoms with Gasteiger partial charge >= 0.3 is 0 Å². The lowest BCUT2D eigenvalue weighted by molar-refractivity contribution is -0.117. The Kier molecular flexibility index (Phi) is 4.55. The number of amides is 1. The van der Waals surface area contributed by atoms with Gasteiger partial charge in [0.15, 0.2) is 0 Å². The number of nitrogens with one attached hydrogen (secondary N) is 1. The Hall–Kier alpha value is -2.40. The van der Waals surface area contributed by atoms with Crippen LogP contribution in [0.5, 0.6) is 11.6 Å². The number of ether oxygens (including phenoxy) is 1. The number of nitrogens with two attached hydrogens (primary N) is 1. The van der Waals surface area contributed by atoms with Crippen molar-refractivity contribution in [1.29, 1.82) is 0 Å². The number of aromatic nitrogens is 1. The van der Waals surface area contributed by atoms with Gasteiger partial charge in [-0.3, -0.25) is 4.79 Å². The first-order valence-electron chi connectivity index (χ1n) is 6.74. The molecule has 1 amide bonds. The quantitative estimate of drug-likeness (QED) is 0.905. The van der Waals surface area contributed by atoms with Crippen LogP contribution in [0.4, 0.5) is 5.69 Å². The SMILES string of the molecule is Cc1cccc(Oc2ncccc2NC(=O)C(C)N)c1C. The molecule has 110 valence electrons. The molecule has 0 saturated carbocycles. The highest BCUT2D eigenvalue weighted by Gasteiger charge is 2.13. The second-order valence-corrected chi connectivity index (χ2v) is 4.93. The van der Waals surface area contributed by atoms with Crippen LogP contribution < -0.4 is 15.8 Å². The summed E-state index contributed by atoms with van der Waals surface area (Å²) in [4.78, 5) is 15.9. The lowest BCUT2D eigenvalue weighted by Gasteiger charge is -2.14. The van der Waals surface area contributed by atoms with Crippen molar-refractivity contribution >= 4 is 11.6 Å². The summed E-state index contributed by atoms with van der Waals surface area (Å²) in [6.07, 6.45) is 1.61. The van der Waals surface area contributed by atoms with Crippen molar-refractivity contribution in [3.63, 3.8) is 0 Å². The van der Waals surface area contributed by atoms with Gasteiger partial charge in [0.1, 0.15) is 11.4 Å². The molecule has 2 rings (SSSR count). The number of benzene rings is 1. The molecule has 0 radical (unpaired) electrons. The van der Waals surface area contributed by atoms with E-state index in [1.54, 1.807) is 25.3 Å². The third-order valence-electron chi connectivity index (χ3n) is 3.20. The molecule has 1 unspecified atom stereocenters. The molecule has 1 aromatic heterocycles. The van der Waals surface area contributed by atoms with Gasteiger partial charge in [-0.25, -0.2) is 4.98 Å². The van der Waals surface area contributed by atoms with Crippen molar-refractivity contribution in [2.24, 2.45) is 5.73 Å². The lowest BCUT2D eigenvalue weighted by Crippen LogP contribution is -2.32. The van der Waals surface area contributed by atoms with Crippen LogP contribution in [0.15, 0.2) is 36.5 Å². The first kappa shape index (κ1) is 15.0. The first-order chi connectivity index (χ1) is 9.99. The van der Waals surface area contributed by atoms with Crippen LogP contribution in [0.3, 0.4) is 0 Å². The fourth-order valence-corrected chi connectivity index (χ4v) is 1.75. The predicted molar refractivity (Wildman–Crippen MR) is 82.5 cm³/mol. The topological polar surface area (TPSA) is 77.2 Å². The average Bonchev–Trinajstić information content (AvgIpc) is 2.45.